The fourth-order valence-electron chi connectivity index (χ4n) is 2.08. The summed E-state index contributed by atoms with van der Waals surface area (Å²) in [5.41, 5.74) is 0.854. The zero-order chi connectivity index (χ0) is 15.4. The van der Waals surface area contributed by atoms with E-state index in [1.165, 1.54) is 0 Å². The minimum absolute atomic E-state index is 0.319. The van der Waals surface area contributed by atoms with Gasteiger partial charge in [0.05, 0.1) is 13.7 Å². The summed E-state index contributed by atoms with van der Waals surface area (Å²) in [6, 6.07) is 3.81. The fraction of sp³-hybridized carbons (Fsp3) is 0.533. The number of rotatable bonds is 6. The molecule has 2 rings (SSSR count). The predicted molar refractivity (Wildman–Crippen MR) is 80.0 cm³/mol. The van der Waals surface area contributed by atoms with Gasteiger partial charge in [-0.2, -0.15) is 0 Å². The van der Waals surface area contributed by atoms with E-state index in [9.17, 15) is 4.79 Å². The SMILES string of the molecule is COc1cc(Cl)cc(CNC(C)C)c1OC1CCOC1=O. The summed E-state index contributed by atoms with van der Waals surface area (Å²) in [4.78, 5) is 11.6. The van der Waals surface area contributed by atoms with Crippen molar-refractivity contribution in [2.45, 2.75) is 39.0 Å². The maximum atomic E-state index is 11.6. The van der Waals surface area contributed by atoms with E-state index in [0.717, 1.165) is 5.56 Å². The Morgan fingerprint density at radius 2 is 2.24 bits per heavy atom. The number of cyclic esters (lactones) is 1. The molecule has 0 aliphatic carbocycles. The van der Waals surface area contributed by atoms with Crippen LogP contribution in [0.5, 0.6) is 11.5 Å². The van der Waals surface area contributed by atoms with E-state index in [1.54, 1.807) is 13.2 Å². The molecule has 21 heavy (non-hydrogen) atoms. The van der Waals surface area contributed by atoms with Crippen LogP contribution in [0.25, 0.3) is 0 Å². The molecule has 1 aliphatic rings. The molecule has 0 aromatic heterocycles. The van der Waals surface area contributed by atoms with Crippen molar-refractivity contribution in [3.8, 4) is 11.5 Å². The number of benzene rings is 1. The summed E-state index contributed by atoms with van der Waals surface area (Å²) in [5, 5.41) is 3.87. The smallest absolute Gasteiger partial charge is 0.347 e. The Labute approximate surface area is 129 Å². The molecule has 0 spiro atoms. The Kier molecular flexibility index (Phi) is 5.31. The molecule has 6 heteroatoms. The summed E-state index contributed by atoms with van der Waals surface area (Å²) in [6.45, 7) is 5.07. The molecular formula is C15H20ClNO4. The highest BCUT2D eigenvalue weighted by molar-refractivity contribution is 6.30. The lowest BCUT2D eigenvalue weighted by Crippen LogP contribution is -2.25. The summed E-state index contributed by atoms with van der Waals surface area (Å²) in [6.07, 6.45) is -0.0420. The lowest BCUT2D eigenvalue weighted by molar-refractivity contribution is -0.143. The van der Waals surface area contributed by atoms with Crippen LogP contribution in [-0.4, -0.2) is 31.8 Å². The average Bonchev–Trinajstić information content (AvgIpc) is 2.83. The van der Waals surface area contributed by atoms with Crippen molar-refractivity contribution in [2.75, 3.05) is 13.7 Å². The molecule has 0 radical (unpaired) electrons. The molecule has 1 unspecified atom stereocenters. The summed E-state index contributed by atoms with van der Waals surface area (Å²) in [5.74, 6) is 0.719. The Bertz CT molecular complexity index is 519. The first kappa shape index (κ1) is 15.9. The van der Waals surface area contributed by atoms with Gasteiger partial charge < -0.3 is 19.5 Å². The molecule has 5 nitrogen and oxygen atoms in total. The first-order chi connectivity index (χ1) is 10.0. The second kappa shape index (κ2) is 7.00. The number of hydrogen-bond acceptors (Lipinski definition) is 5. The van der Waals surface area contributed by atoms with Gasteiger partial charge in [0, 0.05) is 35.7 Å². The number of halogens is 1. The monoisotopic (exact) mass is 313 g/mol. The van der Waals surface area contributed by atoms with Crippen molar-refractivity contribution < 1.29 is 19.0 Å². The van der Waals surface area contributed by atoms with E-state index >= 15 is 0 Å². The normalized spacial score (nSPS) is 18.0. The molecule has 0 bridgehead atoms. The molecule has 0 amide bonds. The molecular weight excluding hydrogens is 294 g/mol. The lowest BCUT2D eigenvalue weighted by atomic mass is 10.1. The predicted octanol–water partition coefficient (Wildman–Crippen LogP) is 2.54. The number of carbonyl (C=O) groups is 1. The molecule has 1 aromatic carbocycles. The van der Waals surface area contributed by atoms with Gasteiger partial charge in [-0.3, -0.25) is 0 Å². The Hall–Kier alpha value is -1.46. The van der Waals surface area contributed by atoms with Gasteiger partial charge in [-0.15, -0.1) is 0 Å². The molecule has 1 aliphatic heterocycles. The van der Waals surface area contributed by atoms with Crippen molar-refractivity contribution in [3.63, 3.8) is 0 Å². The summed E-state index contributed by atoms with van der Waals surface area (Å²) < 4.78 is 16.1. The number of hydrogen-bond donors (Lipinski definition) is 1. The van der Waals surface area contributed by atoms with Crippen molar-refractivity contribution in [2.24, 2.45) is 0 Å². The van der Waals surface area contributed by atoms with E-state index in [2.05, 4.69) is 19.2 Å². The van der Waals surface area contributed by atoms with Gasteiger partial charge in [-0.05, 0) is 6.07 Å². The Balaban J connectivity index is 2.28. The number of ether oxygens (including phenoxy) is 3. The van der Waals surface area contributed by atoms with Crippen molar-refractivity contribution in [3.05, 3.63) is 22.7 Å². The third kappa shape index (κ3) is 4.02. The fourth-order valence-corrected chi connectivity index (χ4v) is 2.31. The summed E-state index contributed by atoms with van der Waals surface area (Å²) in [7, 11) is 1.55. The van der Waals surface area contributed by atoms with Crippen LogP contribution in [0.4, 0.5) is 0 Å². The highest BCUT2D eigenvalue weighted by atomic mass is 35.5. The lowest BCUT2D eigenvalue weighted by Gasteiger charge is -2.19. The molecule has 1 aromatic rings. The zero-order valence-corrected chi connectivity index (χ0v) is 13.2. The van der Waals surface area contributed by atoms with Crippen LogP contribution in [-0.2, 0) is 16.1 Å². The van der Waals surface area contributed by atoms with Crippen molar-refractivity contribution in [1.82, 2.24) is 5.32 Å². The van der Waals surface area contributed by atoms with E-state index in [4.69, 9.17) is 25.8 Å². The van der Waals surface area contributed by atoms with Gasteiger partial charge >= 0.3 is 5.97 Å². The molecule has 1 heterocycles. The minimum Gasteiger partial charge on any atom is -0.493 e. The van der Waals surface area contributed by atoms with Gasteiger partial charge in [0.15, 0.2) is 17.6 Å². The van der Waals surface area contributed by atoms with Gasteiger partial charge in [0.2, 0.25) is 0 Å². The van der Waals surface area contributed by atoms with E-state index in [1.807, 2.05) is 6.07 Å². The molecule has 1 N–H and O–H groups in total. The Morgan fingerprint density at radius 3 is 2.81 bits per heavy atom. The van der Waals surface area contributed by atoms with Crippen LogP contribution in [0.15, 0.2) is 12.1 Å². The number of esters is 1. The molecule has 116 valence electrons. The topological polar surface area (TPSA) is 56.8 Å². The quantitative estimate of drug-likeness (QED) is 0.818. The first-order valence-corrected chi connectivity index (χ1v) is 7.32. The second-order valence-corrected chi connectivity index (χ2v) is 5.63. The standard InChI is InChI=1S/C15H20ClNO4/c1-9(2)17-8-10-6-11(16)7-13(19-3)14(10)21-12-4-5-20-15(12)18/h6-7,9,12,17H,4-5,8H2,1-3H3. The minimum atomic E-state index is -0.585. The van der Waals surface area contributed by atoms with E-state index < -0.39 is 6.10 Å². The Morgan fingerprint density at radius 1 is 1.48 bits per heavy atom. The number of methoxy groups -OCH3 is 1. The van der Waals surface area contributed by atoms with Crippen molar-refractivity contribution >= 4 is 17.6 Å². The third-order valence-corrected chi connectivity index (χ3v) is 3.38. The number of nitrogens with one attached hydrogen (secondary N) is 1. The van der Waals surface area contributed by atoms with Crippen molar-refractivity contribution in [1.29, 1.82) is 0 Å². The molecule has 0 saturated carbocycles. The van der Waals surface area contributed by atoms with Gasteiger partial charge in [0.25, 0.3) is 0 Å². The first-order valence-electron chi connectivity index (χ1n) is 6.94. The second-order valence-electron chi connectivity index (χ2n) is 5.19. The van der Waals surface area contributed by atoms with Gasteiger partial charge in [0.1, 0.15) is 0 Å². The highest BCUT2D eigenvalue weighted by Crippen LogP contribution is 2.36. The van der Waals surface area contributed by atoms with Crippen LogP contribution < -0.4 is 14.8 Å². The number of carbonyl (C=O) groups excluding carboxylic acids is 1. The van der Waals surface area contributed by atoms with E-state index in [-0.39, 0.29) is 5.97 Å². The van der Waals surface area contributed by atoms with Crippen LogP contribution >= 0.6 is 11.6 Å². The van der Waals surface area contributed by atoms with Crippen LogP contribution in [0.2, 0.25) is 5.02 Å². The summed E-state index contributed by atoms with van der Waals surface area (Å²) >= 11 is 6.11. The highest BCUT2D eigenvalue weighted by Gasteiger charge is 2.30. The molecule has 1 fully saturated rings. The largest absolute Gasteiger partial charge is 0.493 e. The maximum Gasteiger partial charge on any atom is 0.347 e. The zero-order valence-electron chi connectivity index (χ0n) is 12.4. The molecule has 1 atom stereocenters. The average molecular weight is 314 g/mol. The van der Waals surface area contributed by atoms with Gasteiger partial charge in [-0.25, -0.2) is 4.79 Å². The third-order valence-electron chi connectivity index (χ3n) is 3.16. The van der Waals surface area contributed by atoms with Crippen LogP contribution in [0, 0.1) is 0 Å². The van der Waals surface area contributed by atoms with Crippen LogP contribution in [0.3, 0.4) is 0 Å². The van der Waals surface area contributed by atoms with E-state index in [0.29, 0.717) is 42.1 Å². The van der Waals surface area contributed by atoms with Crippen LogP contribution in [0.1, 0.15) is 25.8 Å². The van der Waals surface area contributed by atoms with Gasteiger partial charge in [-0.1, -0.05) is 25.4 Å². The molecule has 1 saturated heterocycles. The maximum absolute atomic E-state index is 11.6.